The Kier molecular flexibility index (Phi) is 4.52. The summed E-state index contributed by atoms with van der Waals surface area (Å²) in [5.41, 5.74) is -0.259. The van der Waals surface area contributed by atoms with E-state index in [1.165, 1.54) is 6.42 Å². The summed E-state index contributed by atoms with van der Waals surface area (Å²) in [4.78, 5) is 15.1. The largest absolute Gasteiger partial charge is 0.466 e. The molecule has 0 amide bonds. The zero-order chi connectivity index (χ0) is 15.6. The van der Waals surface area contributed by atoms with Crippen LogP contribution < -0.4 is 0 Å². The van der Waals surface area contributed by atoms with E-state index in [9.17, 15) is 4.79 Å². The molecule has 5 heteroatoms. The highest BCUT2D eigenvalue weighted by atomic mass is 16.5. The Hall–Kier alpha value is -1.36. The van der Waals surface area contributed by atoms with E-state index in [0.29, 0.717) is 18.7 Å². The fourth-order valence-corrected chi connectivity index (χ4v) is 4.51. The highest BCUT2D eigenvalue weighted by Gasteiger charge is 2.59. The van der Waals surface area contributed by atoms with Crippen LogP contribution in [0.25, 0.3) is 0 Å². The molecule has 2 aliphatic rings. The Bertz CT molecular complexity index is 502. The van der Waals surface area contributed by atoms with Gasteiger partial charge in [-0.25, -0.2) is 0 Å². The van der Waals surface area contributed by atoms with Crippen LogP contribution >= 0.6 is 0 Å². The van der Waals surface area contributed by atoms with Crippen LogP contribution in [0.2, 0.25) is 0 Å². The molecule has 2 aliphatic heterocycles. The van der Waals surface area contributed by atoms with Gasteiger partial charge in [-0.15, -0.1) is 0 Å². The Labute approximate surface area is 132 Å². The van der Waals surface area contributed by atoms with Crippen molar-refractivity contribution in [3.63, 3.8) is 0 Å². The van der Waals surface area contributed by atoms with Crippen molar-refractivity contribution in [2.75, 3.05) is 13.2 Å². The van der Waals surface area contributed by atoms with Gasteiger partial charge >= 0.3 is 5.97 Å². The SMILES string of the molecule is CCOC(=O)[C@]1(CC)C[C@@H]2CC[C@H]1N2CCCn1cccn1. The molecule has 0 saturated carbocycles. The molecule has 0 aromatic carbocycles. The van der Waals surface area contributed by atoms with Gasteiger partial charge in [0.05, 0.1) is 12.0 Å². The van der Waals surface area contributed by atoms with Gasteiger partial charge in [-0.3, -0.25) is 14.4 Å². The second kappa shape index (κ2) is 6.41. The van der Waals surface area contributed by atoms with Gasteiger partial charge in [0.1, 0.15) is 0 Å². The van der Waals surface area contributed by atoms with E-state index in [1.807, 2.05) is 30.1 Å². The zero-order valence-corrected chi connectivity index (χ0v) is 13.7. The van der Waals surface area contributed by atoms with Crippen molar-refractivity contribution in [1.29, 1.82) is 0 Å². The molecule has 2 saturated heterocycles. The number of aromatic nitrogens is 2. The minimum atomic E-state index is -0.259. The Morgan fingerprint density at radius 2 is 2.23 bits per heavy atom. The number of ether oxygens (including phenoxy) is 1. The average Bonchev–Trinajstić information content (AvgIpc) is 3.23. The van der Waals surface area contributed by atoms with Gasteiger partial charge in [0.15, 0.2) is 0 Å². The number of hydrogen-bond acceptors (Lipinski definition) is 4. The summed E-state index contributed by atoms with van der Waals surface area (Å²) in [6.07, 6.45) is 9.15. The predicted molar refractivity (Wildman–Crippen MR) is 84.3 cm³/mol. The first kappa shape index (κ1) is 15.5. The van der Waals surface area contributed by atoms with Gasteiger partial charge in [0, 0.05) is 37.6 Å². The van der Waals surface area contributed by atoms with Gasteiger partial charge in [0.25, 0.3) is 0 Å². The summed E-state index contributed by atoms with van der Waals surface area (Å²) in [5, 5.41) is 4.26. The van der Waals surface area contributed by atoms with Crippen molar-refractivity contribution in [3.05, 3.63) is 18.5 Å². The smallest absolute Gasteiger partial charge is 0.313 e. The summed E-state index contributed by atoms with van der Waals surface area (Å²) in [6, 6.07) is 2.90. The lowest BCUT2D eigenvalue weighted by Crippen LogP contribution is -2.44. The third-order valence-electron chi connectivity index (χ3n) is 5.56. The number of hydrogen-bond donors (Lipinski definition) is 0. The summed E-state index contributed by atoms with van der Waals surface area (Å²) in [5.74, 6) is 0.0294. The molecular weight excluding hydrogens is 278 g/mol. The maximum atomic E-state index is 12.5. The number of esters is 1. The van der Waals surface area contributed by atoms with E-state index >= 15 is 0 Å². The number of fused-ring (bicyclic) bond motifs is 2. The average molecular weight is 305 g/mol. The van der Waals surface area contributed by atoms with Crippen molar-refractivity contribution in [2.45, 2.75) is 64.6 Å². The number of nitrogens with zero attached hydrogens (tertiary/aromatic N) is 3. The zero-order valence-electron chi connectivity index (χ0n) is 13.7. The van der Waals surface area contributed by atoms with E-state index in [-0.39, 0.29) is 11.4 Å². The third kappa shape index (κ3) is 2.56. The fourth-order valence-electron chi connectivity index (χ4n) is 4.51. The predicted octanol–water partition coefficient (Wildman–Crippen LogP) is 2.47. The Morgan fingerprint density at radius 3 is 2.91 bits per heavy atom. The molecular formula is C17H27N3O2. The highest BCUT2D eigenvalue weighted by Crippen LogP contribution is 2.52. The fraction of sp³-hybridized carbons (Fsp3) is 0.765. The lowest BCUT2D eigenvalue weighted by atomic mass is 9.72. The van der Waals surface area contributed by atoms with Crippen LogP contribution in [0, 0.1) is 5.41 Å². The van der Waals surface area contributed by atoms with Crippen LogP contribution in [-0.4, -0.2) is 45.9 Å². The molecule has 5 nitrogen and oxygen atoms in total. The van der Waals surface area contributed by atoms with Crippen molar-refractivity contribution >= 4 is 5.97 Å². The Morgan fingerprint density at radius 1 is 1.36 bits per heavy atom. The lowest BCUT2D eigenvalue weighted by Gasteiger charge is -2.34. The second-order valence-corrected chi connectivity index (χ2v) is 6.54. The minimum absolute atomic E-state index is 0.0294. The molecule has 2 bridgehead atoms. The van der Waals surface area contributed by atoms with Crippen LogP contribution in [0.4, 0.5) is 0 Å². The first-order chi connectivity index (χ1) is 10.7. The van der Waals surface area contributed by atoms with Crippen LogP contribution in [-0.2, 0) is 16.1 Å². The van der Waals surface area contributed by atoms with Gasteiger partial charge < -0.3 is 4.74 Å². The molecule has 3 rings (SSSR count). The minimum Gasteiger partial charge on any atom is -0.466 e. The molecule has 0 spiro atoms. The van der Waals surface area contributed by atoms with Crippen molar-refractivity contribution in [3.8, 4) is 0 Å². The molecule has 0 aliphatic carbocycles. The van der Waals surface area contributed by atoms with Gasteiger partial charge in [0.2, 0.25) is 0 Å². The maximum Gasteiger partial charge on any atom is 0.313 e. The first-order valence-corrected chi connectivity index (χ1v) is 8.61. The molecule has 0 N–H and O–H groups in total. The summed E-state index contributed by atoms with van der Waals surface area (Å²) in [6.45, 7) is 6.52. The normalized spacial score (nSPS) is 30.8. The molecule has 0 radical (unpaired) electrons. The van der Waals surface area contributed by atoms with Gasteiger partial charge in [-0.2, -0.15) is 5.10 Å². The molecule has 1 aromatic heterocycles. The topological polar surface area (TPSA) is 47.4 Å². The molecule has 122 valence electrons. The number of aryl methyl sites for hydroxylation is 1. The van der Waals surface area contributed by atoms with Gasteiger partial charge in [-0.05, 0) is 45.1 Å². The molecule has 1 aromatic rings. The number of rotatable bonds is 7. The molecule has 3 atom stereocenters. The molecule has 22 heavy (non-hydrogen) atoms. The summed E-state index contributed by atoms with van der Waals surface area (Å²) >= 11 is 0. The van der Waals surface area contributed by atoms with Crippen molar-refractivity contribution < 1.29 is 9.53 Å². The first-order valence-electron chi connectivity index (χ1n) is 8.61. The maximum absolute atomic E-state index is 12.5. The molecule has 0 unspecified atom stereocenters. The van der Waals surface area contributed by atoms with E-state index in [1.54, 1.807) is 0 Å². The van der Waals surface area contributed by atoms with Crippen molar-refractivity contribution in [2.24, 2.45) is 5.41 Å². The van der Waals surface area contributed by atoms with Gasteiger partial charge in [-0.1, -0.05) is 6.92 Å². The van der Waals surface area contributed by atoms with E-state index < -0.39 is 0 Å². The Balaban J connectivity index is 1.63. The quantitative estimate of drug-likeness (QED) is 0.726. The molecule has 2 fully saturated rings. The summed E-state index contributed by atoms with van der Waals surface area (Å²) < 4.78 is 7.39. The third-order valence-corrected chi connectivity index (χ3v) is 5.56. The molecule has 3 heterocycles. The number of carbonyl (C=O) groups excluding carboxylic acids is 1. The van der Waals surface area contributed by atoms with Crippen LogP contribution in [0.3, 0.4) is 0 Å². The van der Waals surface area contributed by atoms with E-state index in [0.717, 1.165) is 38.8 Å². The second-order valence-electron chi connectivity index (χ2n) is 6.54. The number of carbonyl (C=O) groups is 1. The standard InChI is InChI=1S/C17H27N3O2/c1-3-17(16(21)22-4-2)13-14-7-8-15(17)20(14)12-6-11-19-10-5-9-18-19/h5,9-10,14-15H,3-4,6-8,11-13H2,1-2H3/t14-,15+,17+/m0/s1. The van der Waals surface area contributed by atoms with Crippen LogP contribution in [0.15, 0.2) is 18.5 Å². The van der Waals surface area contributed by atoms with E-state index in [4.69, 9.17) is 4.74 Å². The lowest BCUT2D eigenvalue weighted by molar-refractivity contribution is -0.157. The van der Waals surface area contributed by atoms with Crippen LogP contribution in [0.1, 0.15) is 46.0 Å². The van der Waals surface area contributed by atoms with Crippen LogP contribution in [0.5, 0.6) is 0 Å². The monoisotopic (exact) mass is 305 g/mol. The van der Waals surface area contributed by atoms with E-state index in [2.05, 4.69) is 16.9 Å². The summed E-state index contributed by atoms with van der Waals surface area (Å²) in [7, 11) is 0. The highest BCUT2D eigenvalue weighted by molar-refractivity contribution is 5.78. The van der Waals surface area contributed by atoms with Crippen molar-refractivity contribution in [1.82, 2.24) is 14.7 Å².